The first-order valence-electron chi connectivity index (χ1n) is 7.81. The van der Waals surface area contributed by atoms with Crippen LogP contribution in [0, 0.1) is 5.92 Å². The number of aliphatic hydroxyl groups is 1. The molecule has 5 nitrogen and oxygen atoms in total. The number of pyridine rings is 1. The van der Waals surface area contributed by atoms with E-state index in [1.54, 1.807) is 12.4 Å². The summed E-state index contributed by atoms with van der Waals surface area (Å²) in [4.78, 5) is 17.5. The van der Waals surface area contributed by atoms with E-state index in [0.29, 0.717) is 17.1 Å². The van der Waals surface area contributed by atoms with Crippen LogP contribution < -0.4 is 5.63 Å². The molecule has 0 unspecified atom stereocenters. The van der Waals surface area contributed by atoms with Crippen LogP contribution >= 0.6 is 11.3 Å². The number of ether oxygens (including phenoxy) is 1. The lowest BCUT2D eigenvalue weighted by atomic mass is 9.84. The molecular formula is C18H17NO4S. The minimum absolute atomic E-state index is 0.129. The van der Waals surface area contributed by atoms with Crippen molar-refractivity contribution < 1.29 is 14.3 Å². The van der Waals surface area contributed by atoms with Crippen LogP contribution in [0.1, 0.15) is 25.2 Å². The number of fused-ring (bicyclic) bond motifs is 3. The summed E-state index contributed by atoms with van der Waals surface area (Å²) < 4.78 is 11.7. The quantitative estimate of drug-likeness (QED) is 0.773. The van der Waals surface area contributed by atoms with Gasteiger partial charge in [0, 0.05) is 28.2 Å². The maximum Gasteiger partial charge on any atom is 0.354 e. The third-order valence-electron chi connectivity index (χ3n) is 4.59. The van der Waals surface area contributed by atoms with Gasteiger partial charge in [0.25, 0.3) is 0 Å². The minimum Gasteiger partial charge on any atom is -0.423 e. The van der Waals surface area contributed by atoms with Gasteiger partial charge in [0.05, 0.1) is 13.2 Å². The molecule has 0 radical (unpaired) electrons. The summed E-state index contributed by atoms with van der Waals surface area (Å²) in [6, 6.07) is 5.78. The second kappa shape index (κ2) is 5.51. The molecular weight excluding hydrogens is 326 g/mol. The molecule has 0 amide bonds. The SMILES string of the molecule is CC(C)[C@@]1(O)COCc2c1oc(=O)c1sc(-c3ccncc3)cc21. The molecule has 1 aliphatic heterocycles. The highest BCUT2D eigenvalue weighted by atomic mass is 32.1. The predicted molar refractivity (Wildman–Crippen MR) is 92.0 cm³/mol. The lowest BCUT2D eigenvalue weighted by molar-refractivity contribution is -0.117. The second-order valence-electron chi connectivity index (χ2n) is 6.36. The molecule has 1 aliphatic rings. The van der Waals surface area contributed by atoms with Crippen molar-refractivity contribution in [3.63, 3.8) is 0 Å². The van der Waals surface area contributed by atoms with Crippen molar-refractivity contribution in [1.29, 1.82) is 0 Å². The highest BCUT2D eigenvalue weighted by Crippen LogP contribution is 2.41. The Balaban J connectivity index is 1.99. The number of thiophene rings is 1. The monoisotopic (exact) mass is 343 g/mol. The van der Waals surface area contributed by atoms with E-state index in [-0.39, 0.29) is 12.5 Å². The van der Waals surface area contributed by atoms with Crippen LogP contribution in [-0.2, 0) is 16.9 Å². The van der Waals surface area contributed by atoms with Crippen LogP contribution in [0.2, 0.25) is 0 Å². The Morgan fingerprint density at radius 3 is 2.79 bits per heavy atom. The van der Waals surface area contributed by atoms with Gasteiger partial charge >= 0.3 is 5.63 Å². The Morgan fingerprint density at radius 1 is 1.33 bits per heavy atom. The van der Waals surface area contributed by atoms with Gasteiger partial charge in [0.1, 0.15) is 16.1 Å². The lowest BCUT2D eigenvalue weighted by Gasteiger charge is -2.35. The highest BCUT2D eigenvalue weighted by molar-refractivity contribution is 7.22. The molecule has 0 saturated heterocycles. The van der Waals surface area contributed by atoms with Crippen molar-refractivity contribution in [2.24, 2.45) is 5.92 Å². The van der Waals surface area contributed by atoms with E-state index in [1.807, 2.05) is 32.0 Å². The Hall–Kier alpha value is -2.02. The van der Waals surface area contributed by atoms with Crippen LogP contribution in [-0.4, -0.2) is 16.7 Å². The smallest absolute Gasteiger partial charge is 0.354 e. The zero-order valence-electron chi connectivity index (χ0n) is 13.4. The van der Waals surface area contributed by atoms with E-state index in [1.165, 1.54) is 11.3 Å². The van der Waals surface area contributed by atoms with Crippen molar-refractivity contribution in [2.75, 3.05) is 6.61 Å². The zero-order valence-corrected chi connectivity index (χ0v) is 14.2. The van der Waals surface area contributed by atoms with Crippen LogP contribution in [0.15, 0.2) is 39.8 Å². The van der Waals surface area contributed by atoms with Gasteiger partial charge < -0.3 is 14.3 Å². The van der Waals surface area contributed by atoms with Gasteiger partial charge in [0.2, 0.25) is 0 Å². The summed E-state index contributed by atoms with van der Waals surface area (Å²) in [6.45, 7) is 4.24. The minimum atomic E-state index is -1.28. The normalized spacial score (nSPS) is 20.5. The Bertz CT molecular complexity index is 960. The van der Waals surface area contributed by atoms with Crippen molar-refractivity contribution >= 4 is 21.4 Å². The first-order valence-corrected chi connectivity index (χ1v) is 8.63. The average Bonchev–Trinajstić information content (AvgIpc) is 3.03. The fraction of sp³-hybridized carbons (Fsp3) is 0.333. The first-order chi connectivity index (χ1) is 11.5. The molecule has 0 fully saturated rings. The molecule has 1 N–H and O–H groups in total. The molecule has 6 heteroatoms. The Labute approximate surface area is 142 Å². The maximum absolute atomic E-state index is 12.5. The van der Waals surface area contributed by atoms with Crippen molar-refractivity contribution in [2.45, 2.75) is 26.1 Å². The van der Waals surface area contributed by atoms with E-state index >= 15 is 0 Å². The zero-order chi connectivity index (χ0) is 16.9. The third kappa shape index (κ3) is 2.22. The van der Waals surface area contributed by atoms with E-state index in [0.717, 1.165) is 21.4 Å². The fourth-order valence-corrected chi connectivity index (χ4v) is 4.11. The van der Waals surface area contributed by atoms with Gasteiger partial charge in [-0.25, -0.2) is 4.79 Å². The van der Waals surface area contributed by atoms with Crippen LogP contribution in [0.5, 0.6) is 0 Å². The number of hydrogen-bond donors (Lipinski definition) is 1. The molecule has 4 heterocycles. The van der Waals surface area contributed by atoms with Gasteiger partial charge in [-0.2, -0.15) is 0 Å². The van der Waals surface area contributed by atoms with Gasteiger partial charge in [-0.1, -0.05) is 13.8 Å². The van der Waals surface area contributed by atoms with Crippen molar-refractivity contribution in [1.82, 2.24) is 4.98 Å². The van der Waals surface area contributed by atoms with E-state index in [4.69, 9.17) is 9.15 Å². The van der Waals surface area contributed by atoms with Crippen LogP contribution in [0.25, 0.3) is 20.5 Å². The number of hydrogen-bond acceptors (Lipinski definition) is 6. The van der Waals surface area contributed by atoms with Gasteiger partial charge in [-0.05, 0) is 29.7 Å². The largest absolute Gasteiger partial charge is 0.423 e. The predicted octanol–water partition coefficient (Wildman–Crippen LogP) is 3.29. The standard InChI is InChI=1S/C18H17NO4S/c1-10(2)18(21)9-22-8-13-12-7-14(11-3-5-19-6-4-11)24-15(12)17(20)23-16(13)18/h3-7,10,21H,8-9H2,1-2H3/t18-/m0/s1. The summed E-state index contributed by atoms with van der Waals surface area (Å²) in [6.07, 6.45) is 3.44. The molecule has 0 spiro atoms. The molecule has 0 aliphatic carbocycles. The van der Waals surface area contributed by atoms with Crippen molar-refractivity contribution in [3.8, 4) is 10.4 Å². The molecule has 3 aromatic rings. The molecule has 4 rings (SSSR count). The van der Waals surface area contributed by atoms with Gasteiger partial charge in [-0.15, -0.1) is 11.3 Å². The molecule has 0 bridgehead atoms. The summed E-state index contributed by atoms with van der Waals surface area (Å²) in [5.74, 6) is 0.218. The van der Waals surface area contributed by atoms with Gasteiger partial charge in [-0.3, -0.25) is 4.98 Å². The highest BCUT2D eigenvalue weighted by Gasteiger charge is 2.42. The van der Waals surface area contributed by atoms with Crippen LogP contribution in [0.3, 0.4) is 0 Å². The summed E-state index contributed by atoms with van der Waals surface area (Å²) in [7, 11) is 0. The average molecular weight is 343 g/mol. The molecule has 124 valence electrons. The lowest BCUT2D eigenvalue weighted by Crippen LogP contribution is -2.41. The molecule has 0 aromatic carbocycles. The summed E-state index contributed by atoms with van der Waals surface area (Å²) in [5.41, 5.74) is 0.0773. The summed E-state index contributed by atoms with van der Waals surface area (Å²) in [5, 5.41) is 11.7. The second-order valence-corrected chi connectivity index (χ2v) is 7.41. The van der Waals surface area contributed by atoms with E-state index in [9.17, 15) is 9.90 Å². The number of rotatable bonds is 2. The van der Waals surface area contributed by atoms with E-state index < -0.39 is 11.2 Å². The number of aromatic nitrogens is 1. The Morgan fingerprint density at radius 2 is 2.08 bits per heavy atom. The van der Waals surface area contributed by atoms with Gasteiger partial charge in [0.15, 0.2) is 0 Å². The molecule has 1 atom stereocenters. The first kappa shape index (κ1) is 15.5. The fourth-order valence-electron chi connectivity index (χ4n) is 3.04. The summed E-state index contributed by atoms with van der Waals surface area (Å²) >= 11 is 1.39. The Kier molecular flexibility index (Phi) is 3.56. The molecule has 3 aromatic heterocycles. The van der Waals surface area contributed by atoms with E-state index in [2.05, 4.69) is 4.98 Å². The molecule has 24 heavy (non-hydrogen) atoms. The van der Waals surface area contributed by atoms with Crippen LogP contribution in [0.4, 0.5) is 0 Å². The maximum atomic E-state index is 12.5. The number of nitrogens with zero attached hydrogens (tertiary/aromatic N) is 1. The topological polar surface area (TPSA) is 72.6 Å². The van der Waals surface area contributed by atoms with Crippen molar-refractivity contribution in [3.05, 3.63) is 52.3 Å². The molecule has 0 saturated carbocycles. The third-order valence-corrected chi connectivity index (χ3v) is 5.76.